The maximum Gasteiger partial charge on any atom is 0.337 e. The summed E-state index contributed by atoms with van der Waals surface area (Å²) in [6.07, 6.45) is 0. The lowest BCUT2D eigenvalue weighted by molar-refractivity contribution is -0.115. The molecule has 9 heteroatoms. The van der Waals surface area contributed by atoms with Gasteiger partial charge in [0, 0.05) is 11.8 Å². The van der Waals surface area contributed by atoms with Crippen molar-refractivity contribution >= 4 is 41.0 Å². The Morgan fingerprint density at radius 2 is 1.75 bits per heavy atom. The van der Waals surface area contributed by atoms with Crippen LogP contribution in [-0.4, -0.2) is 34.2 Å². The average Bonchev–Trinajstić information content (AvgIpc) is 2.53. The monoisotopic (exact) mass is 347 g/mol. The topological polar surface area (TPSA) is 133 Å². The van der Waals surface area contributed by atoms with Crippen LogP contribution in [0.3, 0.4) is 0 Å². The first-order valence-electron chi connectivity index (χ1n) is 6.95. The lowest BCUT2D eigenvalue weighted by Crippen LogP contribution is -2.22. The molecule has 0 saturated heterocycles. The summed E-state index contributed by atoms with van der Waals surface area (Å²) in [5.74, 6) is -0.185. The molecule has 1 heterocycles. The number of nitrogens with one attached hydrogen (secondary N) is 1. The molecule has 0 radical (unpaired) electrons. The molecule has 0 spiro atoms. The van der Waals surface area contributed by atoms with Gasteiger partial charge in [-0.25, -0.2) is 14.8 Å². The average molecular weight is 347 g/mol. The predicted octanol–water partition coefficient (Wildman–Crippen LogP) is 1.55. The van der Waals surface area contributed by atoms with Gasteiger partial charge in [-0.15, -0.1) is 0 Å². The first-order chi connectivity index (χ1) is 11.4. The highest BCUT2D eigenvalue weighted by Crippen LogP contribution is 2.22. The van der Waals surface area contributed by atoms with E-state index in [-0.39, 0.29) is 17.5 Å². The van der Waals surface area contributed by atoms with Gasteiger partial charge in [0.2, 0.25) is 5.91 Å². The number of carbonyl (C=O) groups excluding carboxylic acids is 2. The molecule has 1 aromatic heterocycles. The quantitative estimate of drug-likeness (QED) is 0.421. The number of methoxy groups -OCH3 is 1. The summed E-state index contributed by atoms with van der Waals surface area (Å²) in [5, 5.41) is 2.61. The Balaban J connectivity index is 1.99. The van der Waals surface area contributed by atoms with Gasteiger partial charge in [-0.2, -0.15) is 0 Å². The fraction of sp³-hybridized carbons (Fsp3) is 0.200. The van der Waals surface area contributed by atoms with Gasteiger partial charge in [-0.05, 0) is 31.2 Å². The second-order valence-electron chi connectivity index (χ2n) is 4.82. The van der Waals surface area contributed by atoms with Crippen LogP contribution < -0.4 is 16.8 Å². The van der Waals surface area contributed by atoms with Crippen molar-refractivity contribution in [3.63, 3.8) is 0 Å². The number of nitrogen functional groups attached to an aromatic ring is 2. The van der Waals surface area contributed by atoms with Crippen molar-refractivity contribution < 1.29 is 14.3 Å². The van der Waals surface area contributed by atoms with E-state index in [0.29, 0.717) is 16.4 Å². The van der Waals surface area contributed by atoms with Crippen molar-refractivity contribution in [2.75, 3.05) is 23.9 Å². The molecular formula is C15H17N5O3S. The molecule has 0 unspecified atom stereocenters. The van der Waals surface area contributed by atoms with Gasteiger partial charge in [0.25, 0.3) is 0 Å². The highest BCUT2D eigenvalue weighted by molar-refractivity contribution is 8.00. The Morgan fingerprint density at radius 1 is 1.17 bits per heavy atom. The van der Waals surface area contributed by atoms with Gasteiger partial charge in [0.15, 0.2) is 5.16 Å². The molecule has 0 aliphatic carbocycles. The molecule has 5 N–H and O–H groups in total. The standard InChI is InChI=1S/C15H17N5O3S/c1-8(24-15-19-11(16)7-12(17)20-15)13(21)18-10-5-3-9(4-6-10)14(22)23-2/h3-8H,1-2H3,(H,18,21)(H4,16,17,19,20)/t8-/m1/s1. The number of benzene rings is 1. The van der Waals surface area contributed by atoms with E-state index in [4.69, 9.17) is 11.5 Å². The summed E-state index contributed by atoms with van der Waals surface area (Å²) >= 11 is 1.14. The summed E-state index contributed by atoms with van der Waals surface area (Å²) in [4.78, 5) is 31.6. The highest BCUT2D eigenvalue weighted by Gasteiger charge is 2.17. The molecule has 8 nitrogen and oxygen atoms in total. The molecular weight excluding hydrogens is 330 g/mol. The zero-order valence-electron chi connectivity index (χ0n) is 13.1. The predicted molar refractivity (Wildman–Crippen MR) is 92.6 cm³/mol. The van der Waals surface area contributed by atoms with Crippen molar-refractivity contribution in [3.05, 3.63) is 35.9 Å². The zero-order chi connectivity index (χ0) is 17.7. The van der Waals surface area contributed by atoms with Crippen LogP contribution in [0, 0.1) is 0 Å². The Morgan fingerprint density at radius 3 is 2.29 bits per heavy atom. The molecule has 0 aliphatic rings. The van der Waals surface area contributed by atoms with E-state index < -0.39 is 11.2 Å². The Hall–Kier alpha value is -2.81. The van der Waals surface area contributed by atoms with Crippen LogP contribution in [0.25, 0.3) is 0 Å². The number of esters is 1. The van der Waals surface area contributed by atoms with Crippen LogP contribution >= 0.6 is 11.8 Å². The van der Waals surface area contributed by atoms with Gasteiger partial charge < -0.3 is 21.5 Å². The summed E-state index contributed by atoms with van der Waals surface area (Å²) in [5.41, 5.74) is 12.2. The Kier molecular flexibility index (Phi) is 5.59. The molecule has 0 fully saturated rings. The number of ether oxygens (including phenoxy) is 1. The molecule has 1 amide bonds. The summed E-state index contributed by atoms with van der Waals surface area (Å²) in [6.45, 7) is 1.71. The van der Waals surface area contributed by atoms with Crippen molar-refractivity contribution in [2.24, 2.45) is 0 Å². The molecule has 126 valence electrons. The third-order valence-electron chi connectivity index (χ3n) is 2.97. The summed E-state index contributed by atoms with van der Waals surface area (Å²) in [6, 6.07) is 7.83. The number of anilines is 3. The van der Waals surface area contributed by atoms with Gasteiger partial charge in [-0.1, -0.05) is 11.8 Å². The van der Waals surface area contributed by atoms with Crippen LogP contribution in [0.2, 0.25) is 0 Å². The minimum atomic E-state index is -0.466. The van der Waals surface area contributed by atoms with Gasteiger partial charge in [0.1, 0.15) is 11.6 Å². The minimum Gasteiger partial charge on any atom is -0.465 e. The van der Waals surface area contributed by atoms with Crippen LogP contribution in [0.5, 0.6) is 0 Å². The zero-order valence-corrected chi connectivity index (χ0v) is 14.0. The molecule has 1 atom stereocenters. The molecule has 1 aromatic carbocycles. The first-order valence-corrected chi connectivity index (χ1v) is 7.83. The SMILES string of the molecule is COC(=O)c1ccc(NC(=O)[C@@H](C)Sc2nc(N)cc(N)n2)cc1. The van der Waals surface area contributed by atoms with E-state index in [0.717, 1.165) is 11.8 Å². The lowest BCUT2D eigenvalue weighted by Gasteiger charge is -2.12. The van der Waals surface area contributed by atoms with Crippen molar-refractivity contribution in [3.8, 4) is 0 Å². The molecule has 2 aromatic rings. The van der Waals surface area contributed by atoms with Gasteiger partial charge in [-0.3, -0.25) is 4.79 Å². The highest BCUT2D eigenvalue weighted by atomic mass is 32.2. The second kappa shape index (κ2) is 7.64. The smallest absolute Gasteiger partial charge is 0.337 e. The van der Waals surface area contributed by atoms with Gasteiger partial charge >= 0.3 is 5.97 Å². The summed E-state index contributed by atoms with van der Waals surface area (Å²) < 4.78 is 4.62. The van der Waals surface area contributed by atoms with Gasteiger partial charge in [0.05, 0.1) is 17.9 Å². The van der Waals surface area contributed by atoms with E-state index in [1.807, 2.05) is 0 Å². The number of hydrogen-bond donors (Lipinski definition) is 3. The molecule has 2 rings (SSSR count). The Bertz CT molecular complexity index is 731. The largest absolute Gasteiger partial charge is 0.465 e. The summed E-state index contributed by atoms with van der Waals surface area (Å²) in [7, 11) is 1.31. The number of carbonyl (C=O) groups is 2. The van der Waals surface area contributed by atoms with E-state index in [1.165, 1.54) is 13.2 Å². The third-order valence-corrected chi connectivity index (χ3v) is 3.93. The number of amides is 1. The minimum absolute atomic E-state index is 0.240. The molecule has 0 aliphatic heterocycles. The maximum absolute atomic E-state index is 12.2. The molecule has 0 bridgehead atoms. The number of hydrogen-bond acceptors (Lipinski definition) is 8. The van der Waals surface area contributed by atoms with Crippen LogP contribution in [0.1, 0.15) is 17.3 Å². The van der Waals surface area contributed by atoms with Crippen molar-refractivity contribution in [1.29, 1.82) is 0 Å². The fourth-order valence-corrected chi connectivity index (χ4v) is 2.58. The number of thioether (sulfide) groups is 1. The number of nitrogens with two attached hydrogens (primary N) is 2. The van der Waals surface area contributed by atoms with E-state index in [2.05, 4.69) is 20.0 Å². The molecule has 24 heavy (non-hydrogen) atoms. The number of nitrogens with zero attached hydrogens (tertiary/aromatic N) is 2. The number of aromatic nitrogens is 2. The van der Waals surface area contributed by atoms with Crippen LogP contribution in [-0.2, 0) is 9.53 Å². The van der Waals surface area contributed by atoms with Crippen LogP contribution in [0.15, 0.2) is 35.5 Å². The van der Waals surface area contributed by atoms with E-state index >= 15 is 0 Å². The lowest BCUT2D eigenvalue weighted by atomic mass is 10.2. The second-order valence-corrected chi connectivity index (χ2v) is 6.13. The normalized spacial score (nSPS) is 11.6. The fourth-order valence-electron chi connectivity index (χ4n) is 1.78. The Labute approximate surface area is 143 Å². The van der Waals surface area contributed by atoms with Crippen molar-refractivity contribution in [2.45, 2.75) is 17.3 Å². The first kappa shape index (κ1) is 17.5. The maximum atomic E-state index is 12.2. The van der Waals surface area contributed by atoms with E-state index in [9.17, 15) is 9.59 Å². The van der Waals surface area contributed by atoms with Crippen molar-refractivity contribution in [1.82, 2.24) is 9.97 Å². The van der Waals surface area contributed by atoms with Crippen LogP contribution in [0.4, 0.5) is 17.3 Å². The molecule has 0 saturated carbocycles. The third kappa shape index (κ3) is 4.59. The number of rotatable bonds is 5. The van der Waals surface area contributed by atoms with E-state index in [1.54, 1.807) is 31.2 Å².